The van der Waals surface area contributed by atoms with Gasteiger partial charge < -0.3 is 0 Å². The van der Waals surface area contributed by atoms with Gasteiger partial charge in [0.25, 0.3) is 0 Å². The van der Waals surface area contributed by atoms with Crippen molar-refractivity contribution in [3.05, 3.63) is 205 Å². The highest BCUT2D eigenvalue weighted by molar-refractivity contribution is 5.83. The fourth-order valence-electron chi connectivity index (χ4n) is 9.34. The van der Waals surface area contributed by atoms with E-state index in [0.717, 1.165) is 61.3 Å². The van der Waals surface area contributed by atoms with Gasteiger partial charge in [0, 0.05) is 34.0 Å². The van der Waals surface area contributed by atoms with Crippen molar-refractivity contribution in [3.63, 3.8) is 0 Å². The van der Waals surface area contributed by atoms with E-state index in [0.29, 0.717) is 17.5 Å². The lowest BCUT2D eigenvalue weighted by Gasteiger charge is -2.44. The average molecular weight is 815 g/mol. The van der Waals surface area contributed by atoms with Crippen LogP contribution in [-0.2, 0) is 10.8 Å². The highest BCUT2D eigenvalue weighted by Gasteiger charge is 2.56. The van der Waals surface area contributed by atoms with Crippen molar-refractivity contribution < 1.29 is 0 Å². The molecule has 0 radical (unpaired) electrons. The molecule has 0 saturated carbocycles. The maximum absolute atomic E-state index is 5.13. The summed E-state index contributed by atoms with van der Waals surface area (Å²) in [6.07, 6.45) is 1.98. The predicted molar refractivity (Wildman–Crippen MR) is 261 cm³/mol. The molecule has 1 aliphatic rings. The second kappa shape index (κ2) is 15.6. The zero-order chi connectivity index (χ0) is 43.3. The van der Waals surface area contributed by atoms with Gasteiger partial charge in [-0.3, -0.25) is 4.98 Å². The maximum Gasteiger partial charge on any atom is 0.164 e. The number of aromatic nitrogens is 4. The van der Waals surface area contributed by atoms with E-state index in [9.17, 15) is 0 Å². The number of nitrogens with zero attached hydrogens (tertiary/aromatic N) is 4. The monoisotopic (exact) mass is 814 g/mol. The van der Waals surface area contributed by atoms with E-state index in [4.69, 9.17) is 19.9 Å². The van der Waals surface area contributed by atoms with Gasteiger partial charge in [-0.05, 0) is 103 Å². The van der Waals surface area contributed by atoms with E-state index in [2.05, 4.69) is 199 Å². The molecule has 2 heterocycles. The summed E-state index contributed by atoms with van der Waals surface area (Å²) < 4.78 is 0. The van der Waals surface area contributed by atoms with Crippen LogP contribution in [0.4, 0.5) is 0 Å². The van der Waals surface area contributed by atoms with Crippen LogP contribution in [0.25, 0.3) is 89.9 Å². The fraction of sp³-hybridized carbons (Fsp3) is 0.153. The van der Waals surface area contributed by atoms with E-state index < -0.39 is 0 Å². The molecular formula is C59H50N4. The Bertz CT molecular complexity index is 3040. The molecule has 7 aromatic carbocycles. The Hall–Kier alpha value is -7.30. The van der Waals surface area contributed by atoms with Crippen molar-refractivity contribution in [1.82, 2.24) is 19.9 Å². The third kappa shape index (κ3) is 7.16. The Morgan fingerprint density at radius 3 is 1.24 bits per heavy atom. The summed E-state index contributed by atoms with van der Waals surface area (Å²) in [5.41, 5.74) is 17.0. The molecule has 4 heteroatoms. The summed E-state index contributed by atoms with van der Waals surface area (Å²) in [6, 6.07) is 66.3. The number of hydrogen-bond acceptors (Lipinski definition) is 4. The van der Waals surface area contributed by atoms with E-state index in [1.165, 1.54) is 22.3 Å². The van der Waals surface area contributed by atoms with Crippen LogP contribution in [-0.4, -0.2) is 19.9 Å². The molecule has 0 spiro atoms. The van der Waals surface area contributed by atoms with Gasteiger partial charge in [-0.15, -0.1) is 0 Å². The van der Waals surface area contributed by atoms with Crippen LogP contribution in [0.1, 0.15) is 52.7 Å². The van der Waals surface area contributed by atoms with Gasteiger partial charge in [-0.1, -0.05) is 193 Å². The van der Waals surface area contributed by atoms with E-state index >= 15 is 0 Å². The number of hydrogen-bond donors (Lipinski definition) is 0. The first-order valence-electron chi connectivity index (χ1n) is 21.9. The van der Waals surface area contributed by atoms with E-state index in [1.54, 1.807) is 0 Å². The number of benzene rings is 7. The van der Waals surface area contributed by atoms with Crippen LogP contribution in [0, 0.1) is 5.41 Å². The zero-order valence-electron chi connectivity index (χ0n) is 36.8. The first-order chi connectivity index (χ1) is 30.5. The molecule has 9 aromatic rings. The van der Waals surface area contributed by atoms with Gasteiger partial charge >= 0.3 is 0 Å². The molecule has 0 bridgehead atoms. The highest BCUT2D eigenvalue weighted by atomic mass is 15.0. The Kier molecular flexibility index (Phi) is 9.83. The van der Waals surface area contributed by atoms with Crippen molar-refractivity contribution in [3.8, 4) is 89.9 Å². The maximum atomic E-state index is 5.13. The zero-order valence-corrected chi connectivity index (χ0v) is 36.8. The molecule has 0 atom stereocenters. The third-order valence-corrected chi connectivity index (χ3v) is 14.3. The molecule has 0 aliphatic heterocycles. The SMILES string of the molecule is CC1(C)c2ccc(-c3ccc(-c4ccc(-c5nc(-c6ccccc6)nc(-c6cccc(-c7cc(-c8ccccc8)cc(-c8ccccc8)c7)c6)n5)cc4)cn3)cc2C(C)(C)C1(C)C. The summed E-state index contributed by atoms with van der Waals surface area (Å²) in [5.74, 6) is 1.87. The van der Waals surface area contributed by atoms with Gasteiger partial charge in [-0.2, -0.15) is 0 Å². The normalized spacial score (nSPS) is 14.6. The molecule has 4 nitrogen and oxygen atoms in total. The summed E-state index contributed by atoms with van der Waals surface area (Å²) >= 11 is 0. The molecule has 0 unspecified atom stereocenters. The predicted octanol–water partition coefficient (Wildman–Crippen LogP) is 15.2. The van der Waals surface area contributed by atoms with Crippen LogP contribution >= 0.6 is 0 Å². The van der Waals surface area contributed by atoms with Gasteiger partial charge in [0.1, 0.15) is 0 Å². The lowest BCUT2D eigenvalue weighted by Crippen LogP contribution is -2.42. The van der Waals surface area contributed by atoms with Crippen LogP contribution < -0.4 is 0 Å². The molecule has 10 rings (SSSR count). The molecule has 63 heavy (non-hydrogen) atoms. The molecule has 306 valence electrons. The topological polar surface area (TPSA) is 51.6 Å². The Labute approximate surface area is 371 Å². The molecule has 1 aliphatic carbocycles. The second-order valence-corrected chi connectivity index (χ2v) is 18.4. The van der Waals surface area contributed by atoms with Crippen molar-refractivity contribution in [1.29, 1.82) is 0 Å². The van der Waals surface area contributed by atoms with Crippen molar-refractivity contribution in [2.24, 2.45) is 5.41 Å². The van der Waals surface area contributed by atoms with E-state index in [1.807, 2.05) is 36.5 Å². The van der Waals surface area contributed by atoms with Crippen LogP contribution in [0.5, 0.6) is 0 Å². The van der Waals surface area contributed by atoms with Crippen molar-refractivity contribution in [2.45, 2.75) is 52.4 Å². The van der Waals surface area contributed by atoms with Gasteiger partial charge in [0.2, 0.25) is 0 Å². The number of fused-ring (bicyclic) bond motifs is 1. The Morgan fingerprint density at radius 2 is 0.683 bits per heavy atom. The first-order valence-corrected chi connectivity index (χ1v) is 21.9. The average Bonchev–Trinajstić information content (AvgIpc) is 3.44. The number of rotatable bonds is 8. The smallest absolute Gasteiger partial charge is 0.164 e. The lowest BCUT2D eigenvalue weighted by atomic mass is 9.59. The summed E-state index contributed by atoms with van der Waals surface area (Å²) in [6.45, 7) is 14.3. The third-order valence-electron chi connectivity index (χ3n) is 14.3. The van der Waals surface area contributed by atoms with E-state index in [-0.39, 0.29) is 16.2 Å². The summed E-state index contributed by atoms with van der Waals surface area (Å²) in [5, 5.41) is 0. The quantitative estimate of drug-likeness (QED) is 0.153. The fourth-order valence-corrected chi connectivity index (χ4v) is 9.34. The Morgan fingerprint density at radius 1 is 0.286 bits per heavy atom. The molecule has 0 saturated heterocycles. The number of pyridine rings is 1. The molecule has 2 aromatic heterocycles. The van der Waals surface area contributed by atoms with Gasteiger partial charge in [0.15, 0.2) is 17.5 Å². The molecule has 0 fully saturated rings. The highest BCUT2D eigenvalue weighted by Crippen LogP contribution is 2.61. The molecule has 0 amide bonds. The minimum absolute atomic E-state index is 0.0390. The van der Waals surface area contributed by atoms with Crippen LogP contribution in [0.2, 0.25) is 0 Å². The Balaban J connectivity index is 0.978. The minimum Gasteiger partial charge on any atom is -0.256 e. The summed E-state index contributed by atoms with van der Waals surface area (Å²) in [7, 11) is 0. The standard InChI is InChI=1S/C59H50N4/c1-57(2)51-31-29-45(37-52(51)58(3,4)59(57,5)6)53-32-30-47(38-60-53)41-25-27-43(28-26-41)55-61-54(42-21-14-9-15-22-42)62-56(63-55)46-24-16-23-44(33-46)50-35-48(39-17-10-7-11-18-39)34-49(36-50)40-19-12-8-13-20-40/h7-38H,1-6H3. The lowest BCUT2D eigenvalue weighted by molar-refractivity contribution is 0.125. The molecular weight excluding hydrogens is 765 g/mol. The van der Waals surface area contributed by atoms with Crippen LogP contribution in [0.3, 0.4) is 0 Å². The summed E-state index contributed by atoms with van der Waals surface area (Å²) in [4.78, 5) is 20.2. The first kappa shape index (κ1) is 39.8. The van der Waals surface area contributed by atoms with Crippen LogP contribution in [0.15, 0.2) is 194 Å². The second-order valence-electron chi connectivity index (χ2n) is 18.4. The molecule has 0 N–H and O–H groups in total. The van der Waals surface area contributed by atoms with Gasteiger partial charge in [-0.25, -0.2) is 15.0 Å². The van der Waals surface area contributed by atoms with Crippen molar-refractivity contribution >= 4 is 0 Å². The largest absolute Gasteiger partial charge is 0.256 e. The van der Waals surface area contributed by atoms with Crippen molar-refractivity contribution in [2.75, 3.05) is 0 Å². The van der Waals surface area contributed by atoms with Gasteiger partial charge in [0.05, 0.1) is 5.69 Å². The minimum atomic E-state index is 0.0390.